The second-order valence-corrected chi connectivity index (χ2v) is 13.7. The van der Waals surface area contributed by atoms with Crippen molar-refractivity contribution in [3.63, 3.8) is 0 Å². The predicted molar refractivity (Wildman–Crippen MR) is 110 cm³/mol. The van der Waals surface area contributed by atoms with Crippen LogP contribution >= 0.6 is 35.0 Å². The van der Waals surface area contributed by atoms with E-state index in [1.807, 2.05) is 27.7 Å². The van der Waals surface area contributed by atoms with E-state index < -0.39 is 10.8 Å². The van der Waals surface area contributed by atoms with Crippen LogP contribution in [0.2, 0.25) is 0 Å². The fraction of sp³-hybridized carbons (Fsp3) is 0.833. The van der Waals surface area contributed by atoms with Crippen molar-refractivity contribution in [2.75, 3.05) is 26.4 Å². The molecule has 0 aliphatic heterocycles. The van der Waals surface area contributed by atoms with E-state index >= 15 is 0 Å². The number of nitrogens with zero attached hydrogens (tertiary/aromatic N) is 2. The molecule has 0 unspecified atom stereocenters. The molecule has 0 fully saturated rings. The molecule has 0 atom stereocenters. The lowest BCUT2D eigenvalue weighted by molar-refractivity contribution is -0.186. The standard InChI is InChI=1S/C12H22N2O5P2S4/c1-5-15-12(16-6-2,25-20-22)11-13-10(14-19-11)9-24-21(23,17-7-3)18-8-4/h5-9H2,1-4H3. The van der Waals surface area contributed by atoms with Gasteiger partial charge in [-0.25, -0.2) is 0 Å². The summed E-state index contributed by atoms with van der Waals surface area (Å²) in [4.78, 5) is 4.40. The molecule has 0 saturated carbocycles. The van der Waals surface area contributed by atoms with Gasteiger partial charge in [-0.1, -0.05) is 16.5 Å². The maximum Gasteiger partial charge on any atom is 0.310 e. The highest BCUT2D eigenvalue weighted by atomic mass is 32.9. The summed E-state index contributed by atoms with van der Waals surface area (Å²) in [7, 11) is 0. The van der Waals surface area contributed by atoms with E-state index in [1.54, 1.807) is 0 Å². The minimum Gasteiger partial charge on any atom is -0.334 e. The summed E-state index contributed by atoms with van der Waals surface area (Å²) in [6.07, 6.45) is 0. The van der Waals surface area contributed by atoms with Gasteiger partial charge in [-0.2, -0.15) is 4.98 Å². The first-order chi connectivity index (χ1) is 12.0. The summed E-state index contributed by atoms with van der Waals surface area (Å²) in [5.74, 6) is 1.11. The molecule has 0 spiro atoms. The van der Waals surface area contributed by atoms with Crippen LogP contribution in [0.5, 0.6) is 0 Å². The van der Waals surface area contributed by atoms with Gasteiger partial charge in [-0.15, -0.1) is 0 Å². The minimum absolute atomic E-state index is 0.232. The first-order valence-corrected chi connectivity index (χ1v) is 15.2. The zero-order valence-corrected chi connectivity index (χ0v) is 19.6. The number of ether oxygens (including phenoxy) is 2. The number of rotatable bonds is 14. The number of hydrogen-bond acceptors (Lipinski definition) is 11. The second-order valence-electron chi connectivity index (χ2n) is 4.16. The highest BCUT2D eigenvalue weighted by Gasteiger charge is 2.41. The largest absolute Gasteiger partial charge is 0.334 e. The smallest absolute Gasteiger partial charge is 0.310 e. The lowest BCUT2D eigenvalue weighted by Crippen LogP contribution is -2.29. The Morgan fingerprint density at radius 2 is 1.72 bits per heavy atom. The Morgan fingerprint density at radius 3 is 2.20 bits per heavy atom. The van der Waals surface area contributed by atoms with Gasteiger partial charge >= 0.3 is 5.12 Å². The van der Waals surface area contributed by atoms with Gasteiger partial charge in [-0.05, 0) is 62.7 Å². The van der Waals surface area contributed by atoms with Crippen molar-refractivity contribution in [2.24, 2.45) is 0 Å². The van der Waals surface area contributed by atoms with Crippen LogP contribution in [0.1, 0.15) is 39.4 Å². The molecule has 0 aliphatic carbocycles. The average molecular weight is 465 g/mol. The molecule has 0 amide bonds. The maximum atomic E-state index is 5.73. The number of aromatic nitrogens is 2. The van der Waals surface area contributed by atoms with E-state index in [2.05, 4.69) is 10.1 Å². The van der Waals surface area contributed by atoms with Gasteiger partial charge in [0.25, 0.3) is 5.89 Å². The van der Waals surface area contributed by atoms with Crippen LogP contribution < -0.4 is 0 Å². The summed E-state index contributed by atoms with van der Waals surface area (Å²) in [6, 6.07) is 0. The van der Waals surface area contributed by atoms with Gasteiger partial charge in [0, 0.05) is 19.8 Å². The van der Waals surface area contributed by atoms with Crippen molar-refractivity contribution in [3.05, 3.63) is 11.7 Å². The van der Waals surface area contributed by atoms with Gasteiger partial charge in [0.2, 0.25) is 5.69 Å². The maximum absolute atomic E-state index is 5.73. The second kappa shape index (κ2) is 12.3. The Hall–Kier alpha value is 0.850. The Balaban J connectivity index is 2.91. The van der Waals surface area contributed by atoms with Crippen LogP contribution in [0.3, 0.4) is 0 Å². The molecule has 1 aromatic rings. The van der Waals surface area contributed by atoms with Gasteiger partial charge in [0.05, 0.1) is 19.0 Å². The van der Waals surface area contributed by atoms with Gasteiger partial charge in [0.15, 0.2) is 5.82 Å². The van der Waals surface area contributed by atoms with E-state index in [0.717, 1.165) is 0 Å². The first kappa shape index (κ1) is 23.9. The van der Waals surface area contributed by atoms with Crippen molar-refractivity contribution in [3.8, 4) is 0 Å². The summed E-state index contributed by atoms with van der Waals surface area (Å²) < 4.78 is 28.0. The molecule has 0 saturated heterocycles. The molecular formula is C12H22N2O5P2S4. The van der Waals surface area contributed by atoms with Gasteiger partial charge in [0.1, 0.15) is 0 Å². The highest BCUT2D eigenvalue weighted by molar-refractivity contribution is 8.67. The molecule has 7 nitrogen and oxygen atoms in total. The Bertz CT molecular complexity index is 561. The summed E-state index contributed by atoms with van der Waals surface area (Å²) in [5, 5.41) is 2.80. The van der Waals surface area contributed by atoms with Crippen LogP contribution in [0.25, 0.3) is 0 Å². The molecule has 0 N–H and O–H groups in total. The third-order valence-corrected chi connectivity index (χ3v) is 10.2. The third kappa shape index (κ3) is 7.41. The molecule has 0 aromatic carbocycles. The lowest BCUT2D eigenvalue weighted by atomic mass is 10.5. The van der Waals surface area contributed by atoms with Crippen molar-refractivity contribution < 1.29 is 23.0 Å². The van der Waals surface area contributed by atoms with E-state index in [-0.39, 0.29) is 5.89 Å². The Kier molecular flexibility index (Phi) is 11.8. The summed E-state index contributed by atoms with van der Waals surface area (Å²) in [5.41, 5.74) is -2.41. The lowest BCUT2D eigenvalue weighted by Gasteiger charge is -2.26. The van der Waals surface area contributed by atoms with Crippen molar-refractivity contribution >= 4 is 58.6 Å². The van der Waals surface area contributed by atoms with Crippen molar-refractivity contribution in [1.82, 2.24) is 10.1 Å². The highest BCUT2D eigenvalue weighted by Crippen LogP contribution is 2.61. The van der Waals surface area contributed by atoms with Crippen molar-refractivity contribution in [1.29, 1.82) is 0 Å². The fourth-order valence-electron chi connectivity index (χ4n) is 1.69. The minimum atomic E-state index is -2.41. The summed E-state index contributed by atoms with van der Waals surface area (Å²) >= 11 is 13.1. The topological polar surface area (TPSA) is 75.8 Å². The SMILES string of the molecule is CCOC(OCC)(SP=S)c1nc(CSP(=S)(OCC)OCC)no1. The van der Waals surface area contributed by atoms with E-state index in [0.29, 0.717) is 44.6 Å². The predicted octanol–water partition coefficient (Wildman–Crippen LogP) is 4.84. The van der Waals surface area contributed by atoms with Crippen LogP contribution in [0.4, 0.5) is 0 Å². The Morgan fingerprint density at radius 1 is 1.12 bits per heavy atom. The molecule has 1 aromatic heterocycles. The van der Waals surface area contributed by atoms with E-state index in [4.69, 9.17) is 46.7 Å². The zero-order valence-electron chi connectivity index (χ0n) is 14.5. The van der Waals surface area contributed by atoms with Gasteiger partial charge in [-0.3, -0.25) is 0 Å². The molecule has 1 rings (SSSR count). The molecule has 0 radical (unpaired) electrons. The fourth-order valence-corrected chi connectivity index (χ4v) is 8.27. The van der Waals surface area contributed by atoms with Crippen molar-refractivity contribution in [2.45, 2.75) is 38.6 Å². The third-order valence-electron chi connectivity index (χ3n) is 2.48. The normalized spacial score (nSPS) is 12.8. The molecular weight excluding hydrogens is 442 g/mol. The molecule has 25 heavy (non-hydrogen) atoms. The first-order valence-electron chi connectivity index (χ1n) is 7.64. The molecule has 13 heteroatoms. The van der Waals surface area contributed by atoms with E-state index in [1.165, 1.54) is 22.8 Å². The van der Waals surface area contributed by atoms with E-state index in [9.17, 15) is 0 Å². The molecule has 1 heterocycles. The van der Waals surface area contributed by atoms with Crippen LogP contribution in [0.15, 0.2) is 4.52 Å². The average Bonchev–Trinajstić information content (AvgIpc) is 3.04. The Labute approximate surface area is 168 Å². The zero-order chi connectivity index (χ0) is 18.8. The van der Waals surface area contributed by atoms with Gasteiger partial charge < -0.3 is 23.0 Å². The summed E-state index contributed by atoms with van der Waals surface area (Å²) in [6.45, 7) is 9.92. The molecule has 0 bridgehead atoms. The van der Waals surface area contributed by atoms with Crippen LogP contribution in [0, 0.1) is 0 Å². The number of hydrogen-bond donors (Lipinski definition) is 0. The quantitative estimate of drug-likeness (QED) is 0.280. The molecule has 0 aliphatic rings. The van der Waals surface area contributed by atoms with Crippen LogP contribution in [-0.4, -0.2) is 36.6 Å². The monoisotopic (exact) mass is 464 g/mol. The van der Waals surface area contributed by atoms with Crippen LogP contribution in [-0.2, 0) is 53.0 Å². The molecule has 144 valence electrons.